The average Bonchev–Trinajstić information content (AvgIpc) is 2.45. The van der Waals surface area contributed by atoms with Crippen LogP contribution in [0.25, 0.3) is 0 Å². The van der Waals surface area contributed by atoms with Gasteiger partial charge in [-0.15, -0.1) is 0 Å². The molecular weight excluding hydrogens is 268 g/mol. The predicted molar refractivity (Wildman–Crippen MR) is 83.5 cm³/mol. The highest BCUT2D eigenvalue weighted by Gasteiger charge is 2.10. The third-order valence-electron chi connectivity index (χ3n) is 3.07. The summed E-state index contributed by atoms with van der Waals surface area (Å²) in [7, 11) is 1.34. The Kier molecular flexibility index (Phi) is 6.88. The van der Waals surface area contributed by atoms with Crippen LogP contribution in [-0.2, 0) is 9.53 Å². The lowest BCUT2D eigenvalue weighted by Gasteiger charge is -2.11. The van der Waals surface area contributed by atoms with Gasteiger partial charge in [0.2, 0.25) is 5.91 Å². The number of carbonyl (C=O) groups is 2. The molecule has 5 heteroatoms. The second-order valence-electron chi connectivity index (χ2n) is 5.28. The summed E-state index contributed by atoms with van der Waals surface area (Å²) in [5, 5.41) is 6.11. The molecule has 0 aliphatic heterocycles. The number of anilines is 1. The first-order valence-electron chi connectivity index (χ1n) is 7.16. The molecule has 0 radical (unpaired) electrons. The highest BCUT2D eigenvalue weighted by molar-refractivity contribution is 5.95. The van der Waals surface area contributed by atoms with E-state index in [0.717, 1.165) is 18.5 Å². The summed E-state index contributed by atoms with van der Waals surface area (Å²) < 4.78 is 4.68. The number of hydrogen-bond donors (Lipinski definition) is 2. The molecule has 21 heavy (non-hydrogen) atoms. The van der Waals surface area contributed by atoms with Crippen molar-refractivity contribution >= 4 is 17.6 Å². The van der Waals surface area contributed by atoms with E-state index in [1.807, 2.05) is 6.92 Å². The molecule has 1 rings (SSSR count). The minimum atomic E-state index is -0.411. The number of hydrogen-bond acceptors (Lipinski definition) is 4. The summed E-state index contributed by atoms with van der Waals surface area (Å²) in [6.07, 6.45) is 1.22. The second-order valence-corrected chi connectivity index (χ2v) is 5.28. The molecule has 0 saturated carbocycles. The maximum Gasteiger partial charge on any atom is 0.337 e. The molecule has 0 aliphatic carbocycles. The molecule has 0 heterocycles. The summed E-state index contributed by atoms with van der Waals surface area (Å²) in [4.78, 5) is 23.4. The van der Waals surface area contributed by atoms with E-state index in [9.17, 15) is 9.59 Å². The fraction of sp³-hybridized carbons (Fsp3) is 0.500. The first-order valence-corrected chi connectivity index (χ1v) is 7.16. The minimum absolute atomic E-state index is 0.0503. The van der Waals surface area contributed by atoms with Crippen LogP contribution >= 0.6 is 0 Å². The normalized spacial score (nSPS) is 10.5. The topological polar surface area (TPSA) is 67.4 Å². The van der Waals surface area contributed by atoms with Crippen molar-refractivity contribution in [1.29, 1.82) is 0 Å². The van der Waals surface area contributed by atoms with Crippen LogP contribution in [0.15, 0.2) is 18.2 Å². The van der Waals surface area contributed by atoms with Crippen LogP contribution in [0.4, 0.5) is 5.69 Å². The molecule has 116 valence electrons. The number of benzene rings is 1. The van der Waals surface area contributed by atoms with Gasteiger partial charge in [0.15, 0.2) is 0 Å². The van der Waals surface area contributed by atoms with Crippen molar-refractivity contribution < 1.29 is 14.3 Å². The standard InChI is InChI=1S/C16H24N2O3/c1-11(2)17-9-5-6-15(19)18-14-10-13(16(20)21-4)8-7-12(14)3/h7-8,10-11,17H,5-6,9H2,1-4H3,(H,18,19). The van der Waals surface area contributed by atoms with Gasteiger partial charge in [0, 0.05) is 18.2 Å². The van der Waals surface area contributed by atoms with Crippen LogP contribution in [0.5, 0.6) is 0 Å². The quantitative estimate of drug-likeness (QED) is 0.598. The highest BCUT2D eigenvalue weighted by Crippen LogP contribution is 2.18. The van der Waals surface area contributed by atoms with Crippen molar-refractivity contribution in [3.05, 3.63) is 29.3 Å². The number of nitrogens with one attached hydrogen (secondary N) is 2. The maximum atomic E-state index is 11.9. The molecule has 0 atom stereocenters. The molecule has 0 aliphatic rings. The molecule has 0 spiro atoms. The Morgan fingerprint density at radius 2 is 2.00 bits per heavy atom. The molecule has 2 N–H and O–H groups in total. The first kappa shape index (κ1) is 17.2. The molecule has 1 aromatic rings. The molecule has 0 bridgehead atoms. The zero-order chi connectivity index (χ0) is 15.8. The number of amides is 1. The minimum Gasteiger partial charge on any atom is -0.465 e. The molecule has 0 aromatic heterocycles. The number of aryl methyl sites for hydroxylation is 1. The molecule has 1 aromatic carbocycles. The number of esters is 1. The van der Waals surface area contributed by atoms with E-state index >= 15 is 0 Å². The van der Waals surface area contributed by atoms with Gasteiger partial charge in [-0.1, -0.05) is 19.9 Å². The molecule has 0 unspecified atom stereocenters. The van der Waals surface area contributed by atoms with Crippen LogP contribution in [0.2, 0.25) is 0 Å². The third kappa shape index (κ3) is 5.95. The Hall–Kier alpha value is -1.88. The largest absolute Gasteiger partial charge is 0.465 e. The summed E-state index contributed by atoms with van der Waals surface area (Å²) >= 11 is 0. The van der Waals surface area contributed by atoms with Crippen molar-refractivity contribution in [2.24, 2.45) is 0 Å². The summed E-state index contributed by atoms with van der Waals surface area (Å²) in [5.41, 5.74) is 2.00. The Bertz CT molecular complexity index is 498. The van der Waals surface area contributed by atoms with Gasteiger partial charge in [-0.3, -0.25) is 4.79 Å². The number of rotatable bonds is 7. The Balaban J connectivity index is 2.57. The first-order chi connectivity index (χ1) is 9.93. The van der Waals surface area contributed by atoms with E-state index in [1.165, 1.54) is 7.11 Å². The average molecular weight is 292 g/mol. The van der Waals surface area contributed by atoms with Gasteiger partial charge < -0.3 is 15.4 Å². The summed E-state index contributed by atoms with van der Waals surface area (Å²) in [6, 6.07) is 5.55. The Labute approximate surface area is 126 Å². The van der Waals surface area contributed by atoms with Gasteiger partial charge in [0.1, 0.15) is 0 Å². The number of ether oxygens (including phenoxy) is 1. The lowest BCUT2D eigenvalue weighted by molar-refractivity contribution is -0.116. The van der Waals surface area contributed by atoms with E-state index in [4.69, 9.17) is 0 Å². The van der Waals surface area contributed by atoms with E-state index in [0.29, 0.717) is 23.7 Å². The smallest absolute Gasteiger partial charge is 0.337 e. The number of methoxy groups -OCH3 is 1. The van der Waals surface area contributed by atoms with Gasteiger partial charge in [-0.05, 0) is 37.6 Å². The summed E-state index contributed by atoms with van der Waals surface area (Å²) in [5.74, 6) is -0.461. The molecule has 1 amide bonds. The van der Waals surface area contributed by atoms with Crippen molar-refractivity contribution in [3.8, 4) is 0 Å². The molecular formula is C16H24N2O3. The van der Waals surface area contributed by atoms with Crippen LogP contribution < -0.4 is 10.6 Å². The molecule has 5 nitrogen and oxygen atoms in total. The Morgan fingerprint density at radius 1 is 1.29 bits per heavy atom. The monoisotopic (exact) mass is 292 g/mol. The third-order valence-corrected chi connectivity index (χ3v) is 3.07. The van der Waals surface area contributed by atoms with Crippen molar-refractivity contribution in [2.45, 2.75) is 39.7 Å². The van der Waals surface area contributed by atoms with Crippen LogP contribution in [-0.4, -0.2) is 31.6 Å². The SMILES string of the molecule is COC(=O)c1ccc(C)c(NC(=O)CCCNC(C)C)c1. The zero-order valence-electron chi connectivity index (χ0n) is 13.2. The maximum absolute atomic E-state index is 11.9. The van der Waals surface area contributed by atoms with E-state index < -0.39 is 5.97 Å². The van der Waals surface area contributed by atoms with Gasteiger partial charge in [-0.2, -0.15) is 0 Å². The lowest BCUT2D eigenvalue weighted by atomic mass is 10.1. The van der Waals surface area contributed by atoms with Crippen LogP contribution in [0, 0.1) is 6.92 Å². The van der Waals surface area contributed by atoms with Gasteiger partial charge in [0.05, 0.1) is 12.7 Å². The van der Waals surface area contributed by atoms with Crippen molar-refractivity contribution in [2.75, 3.05) is 19.0 Å². The van der Waals surface area contributed by atoms with Crippen molar-refractivity contribution in [1.82, 2.24) is 5.32 Å². The second kappa shape index (κ2) is 8.42. The van der Waals surface area contributed by atoms with Crippen LogP contribution in [0.1, 0.15) is 42.6 Å². The fourth-order valence-electron chi connectivity index (χ4n) is 1.85. The van der Waals surface area contributed by atoms with Gasteiger partial charge in [-0.25, -0.2) is 4.79 Å². The fourth-order valence-corrected chi connectivity index (χ4v) is 1.85. The Morgan fingerprint density at radius 3 is 2.62 bits per heavy atom. The van der Waals surface area contributed by atoms with E-state index in [2.05, 4.69) is 29.2 Å². The number of carbonyl (C=O) groups excluding carboxylic acids is 2. The van der Waals surface area contributed by atoms with Crippen LogP contribution in [0.3, 0.4) is 0 Å². The van der Waals surface area contributed by atoms with E-state index in [-0.39, 0.29) is 5.91 Å². The van der Waals surface area contributed by atoms with E-state index in [1.54, 1.807) is 18.2 Å². The van der Waals surface area contributed by atoms with Gasteiger partial charge >= 0.3 is 5.97 Å². The lowest BCUT2D eigenvalue weighted by Crippen LogP contribution is -2.24. The predicted octanol–water partition coefficient (Wildman–Crippen LogP) is 2.50. The van der Waals surface area contributed by atoms with Crippen molar-refractivity contribution in [3.63, 3.8) is 0 Å². The zero-order valence-corrected chi connectivity index (χ0v) is 13.2. The summed E-state index contributed by atoms with van der Waals surface area (Å²) in [6.45, 7) is 6.84. The highest BCUT2D eigenvalue weighted by atomic mass is 16.5. The molecule has 0 fully saturated rings. The van der Waals surface area contributed by atoms with Gasteiger partial charge in [0.25, 0.3) is 0 Å². The molecule has 0 saturated heterocycles.